The van der Waals surface area contributed by atoms with Crippen LogP contribution in [-0.4, -0.2) is 40.7 Å². The molecule has 0 atom stereocenters. The first kappa shape index (κ1) is 16.5. The van der Waals surface area contributed by atoms with Gasteiger partial charge in [-0.15, -0.1) is 0 Å². The maximum Gasteiger partial charge on any atom is 0.191 e. The summed E-state index contributed by atoms with van der Waals surface area (Å²) >= 11 is 1.46. The number of aromatic nitrogens is 4. The fourth-order valence-electron chi connectivity index (χ4n) is 2.30. The van der Waals surface area contributed by atoms with E-state index in [0.717, 1.165) is 22.5 Å². The number of halogens is 1. The van der Waals surface area contributed by atoms with Gasteiger partial charge in [0.05, 0.1) is 13.4 Å². The van der Waals surface area contributed by atoms with Crippen molar-refractivity contribution in [3.05, 3.63) is 35.9 Å². The molecule has 0 aliphatic carbocycles. The summed E-state index contributed by atoms with van der Waals surface area (Å²) < 4.78 is 20.6. The highest BCUT2D eigenvalue weighted by molar-refractivity contribution is 7.98. The van der Waals surface area contributed by atoms with Crippen molar-refractivity contribution in [1.82, 2.24) is 19.5 Å². The van der Waals surface area contributed by atoms with E-state index in [4.69, 9.17) is 4.74 Å². The number of nitrogens with zero attached hydrogens (tertiary/aromatic N) is 5. The molecule has 3 aromatic rings. The quantitative estimate of drug-likeness (QED) is 0.522. The van der Waals surface area contributed by atoms with Gasteiger partial charge in [0.15, 0.2) is 33.7 Å². The van der Waals surface area contributed by atoms with Gasteiger partial charge >= 0.3 is 0 Å². The third-order valence-electron chi connectivity index (χ3n) is 3.53. The molecule has 0 aliphatic heterocycles. The average Bonchev–Trinajstić information content (AvgIpc) is 2.93. The molecule has 0 saturated heterocycles. The Kier molecular flexibility index (Phi) is 4.57. The van der Waals surface area contributed by atoms with Gasteiger partial charge in [-0.3, -0.25) is 0 Å². The zero-order valence-corrected chi connectivity index (χ0v) is 14.8. The number of thioether (sulfide) groups is 1. The first-order valence-electron chi connectivity index (χ1n) is 7.31. The lowest BCUT2D eigenvalue weighted by Gasteiger charge is -2.13. The predicted octanol–water partition coefficient (Wildman–Crippen LogP) is 2.87. The van der Waals surface area contributed by atoms with Crippen LogP contribution in [0.25, 0.3) is 11.2 Å². The zero-order valence-electron chi connectivity index (χ0n) is 13.9. The summed E-state index contributed by atoms with van der Waals surface area (Å²) in [5.74, 6) is 1.21. The van der Waals surface area contributed by atoms with Crippen LogP contribution in [0, 0.1) is 5.82 Å². The SMILES string of the molecule is COc1ccc(CSc2nc(N(C)C)c3ncn(C)c3n2)cc1F. The third-order valence-corrected chi connectivity index (χ3v) is 4.45. The number of methoxy groups -OCH3 is 1. The molecule has 126 valence electrons. The number of ether oxygens (including phenoxy) is 1. The molecule has 0 spiro atoms. The van der Waals surface area contributed by atoms with Crippen molar-refractivity contribution in [3.8, 4) is 5.75 Å². The van der Waals surface area contributed by atoms with Crippen molar-refractivity contribution in [3.63, 3.8) is 0 Å². The molecule has 1 aromatic carbocycles. The van der Waals surface area contributed by atoms with E-state index in [1.165, 1.54) is 24.9 Å². The van der Waals surface area contributed by atoms with Gasteiger partial charge in [0, 0.05) is 26.9 Å². The molecule has 24 heavy (non-hydrogen) atoms. The monoisotopic (exact) mass is 347 g/mol. The molecule has 0 amide bonds. The van der Waals surface area contributed by atoms with Crippen molar-refractivity contribution < 1.29 is 9.13 Å². The summed E-state index contributed by atoms with van der Waals surface area (Å²) in [6, 6.07) is 4.94. The van der Waals surface area contributed by atoms with E-state index in [9.17, 15) is 4.39 Å². The Bertz CT molecular complexity index is 880. The van der Waals surface area contributed by atoms with Gasteiger partial charge in [0.25, 0.3) is 0 Å². The zero-order chi connectivity index (χ0) is 17.3. The molecule has 3 rings (SSSR count). The van der Waals surface area contributed by atoms with Crippen LogP contribution in [0.15, 0.2) is 29.7 Å². The highest BCUT2D eigenvalue weighted by atomic mass is 32.2. The lowest BCUT2D eigenvalue weighted by atomic mass is 10.2. The van der Waals surface area contributed by atoms with Crippen LogP contribution in [0.2, 0.25) is 0 Å². The number of imidazole rings is 1. The number of benzene rings is 1. The number of rotatable bonds is 5. The Balaban J connectivity index is 1.87. The van der Waals surface area contributed by atoms with Crippen LogP contribution in [0.3, 0.4) is 0 Å². The van der Waals surface area contributed by atoms with E-state index in [0.29, 0.717) is 10.9 Å². The van der Waals surface area contributed by atoms with Crippen LogP contribution in [0.4, 0.5) is 10.2 Å². The van der Waals surface area contributed by atoms with Gasteiger partial charge in [-0.25, -0.2) is 19.3 Å². The molecule has 0 radical (unpaired) electrons. The molecule has 2 heterocycles. The average molecular weight is 347 g/mol. The van der Waals surface area contributed by atoms with Crippen molar-refractivity contribution in [1.29, 1.82) is 0 Å². The van der Waals surface area contributed by atoms with Crippen LogP contribution < -0.4 is 9.64 Å². The van der Waals surface area contributed by atoms with Crippen molar-refractivity contribution in [2.24, 2.45) is 7.05 Å². The van der Waals surface area contributed by atoms with Gasteiger partial charge in [0.2, 0.25) is 0 Å². The Hall–Kier alpha value is -2.35. The second kappa shape index (κ2) is 6.64. The number of aryl methyl sites for hydroxylation is 1. The van der Waals surface area contributed by atoms with Gasteiger partial charge in [-0.05, 0) is 17.7 Å². The molecule has 0 saturated carbocycles. The van der Waals surface area contributed by atoms with Crippen LogP contribution in [0.1, 0.15) is 5.56 Å². The molecule has 0 N–H and O–H groups in total. The minimum absolute atomic E-state index is 0.242. The Morgan fingerprint density at radius 1 is 1.29 bits per heavy atom. The highest BCUT2D eigenvalue weighted by Gasteiger charge is 2.14. The largest absolute Gasteiger partial charge is 0.494 e. The lowest BCUT2D eigenvalue weighted by Crippen LogP contribution is -2.12. The second-order valence-corrected chi connectivity index (χ2v) is 6.45. The van der Waals surface area contributed by atoms with E-state index in [-0.39, 0.29) is 11.6 Å². The van der Waals surface area contributed by atoms with E-state index < -0.39 is 0 Å². The number of hydrogen-bond donors (Lipinski definition) is 0. The maximum absolute atomic E-state index is 13.8. The molecule has 6 nitrogen and oxygen atoms in total. The van der Waals surface area contributed by atoms with E-state index in [2.05, 4.69) is 15.0 Å². The first-order valence-corrected chi connectivity index (χ1v) is 8.29. The third kappa shape index (κ3) is 3.14. The molecule has 0 fully saturated rings. The Morgan fingerprint density at radius 2 is 2.08 bits per heavy atom. The standard InChI is InChI=1S/C16H18FN5OS/c1-21(2)14-13-15(22(3)9-18-13)20-16(19-14)24-8-10-5-6-12(23-4)11(17)7-10/h5-7,9H,8H2,1-4H3. The maximum atomic E-state index is 13.8. The van der Waals surface area contributed by atoms with Crippen molar-refractivity contribution >= 4 is 28.7 Å². The van der Waals surface area contributed by atoms with Gasteiger partial charge in [-0.2, -0.15) is 0 Å². The fraction of sp³-hybridized carbons (Fsp3) is 0.312. The molecular weight excluding hydrogens is 329 g/mol. The molecule has 0 unspecified atom stereocenters. The predicted molar refractivity (Wildman–Crippen MR) is 93.1 cm³/mol. The van der Waals surface area contributed by atoms with Crippen molar-refractivity contribution in [2.75, 3.05) is 26.1 Å². The van der Waals surface area contributed by atoms with E-state index in [1.807, 2.05) is 36.7 Å². The first-order chi connectivity index (χ1) is 11.5. The van der Waals surface area contributed by atoms with Gasteiger partial charge < -0.3 is 14.2 Å². The lowest BCUT2D eigenvalue weighted by molar-refractivity contribution is 0.386. The summed E-state index contributed by atoms with van der Waals surface area (Å²) in [6.45, 7) is 0. The molecule has 8 heteroatoms. The summed E-state index contributed by atoms with van der Waals surface area (Å²) in [4.78, 5) is 15.4. The van der Waals surface area contributed by atoms with E-state index >= 15 is 0 Å². The molecular formula is C16H18FN5OS. The Labute approximate surface area is 143 Å². The smallest absolute Gasteiger partial charge is 0.191 e. The summed E-state index contributed by atoms with van der Waals surface area (Å²) in [5, 5.41) is 0.631. The minimum atomic E-state index is -0.368. The molecule has 2 aromatic heterocycles. The normalized spacial score (nSPS) is 11.0. The van der Waals surface area contributed by atoms with Crippen LogP contribution in [0.5, 0.6) is 5.75 Å². The molecule has 0 bridgehead atoms. The fourth-order valence-corrected chi connectivity index (χ4v) is 3.07. The van der Waals surface area contributed by atoms with Gasteiger partial charge in [-0.1, -0.05) is 17.8 Å². The Morgan fingerprint density at radius 3 is 2.75 bits per heavy atom. The van der Waals surface area contributed by atoms with Crippen LogP contribution in [-0.2, 0) is 12.8 Å². The second-order valence-electron chi connectivity index (χ2n) is 5.51. The van der Waals surface area contributed by atoms with Crippen molar-refractivity contribution in [2.45, 2.75) is 10.9 Å². The summed E-state index contributed by atoms with van der Waals surface area (Å²) in [7, 11) is 7.19. The van der Waals surface area contributed by atoms with E-state index in [1.54, 1.807) is 12.4 Å². The number of fused-ring (bicyclic) bond motifs is 1. The summed E-state index contributed by atoms with van der Waals surface area (Å²) in [6.07, 6.45) is 1.72. The molecule has 0 aliphatic rings. The number of hydrogen-bond acceptors (Lipinski definition) is 6. The highest BCUT2D eigenvalue weighted by Crippen LogP contribution is 2.27. The number of anilines is 1. The van der Waals surface area contributed by atoms with Gasteiger partial charge in [0.1, 0.15) is 0 Å². The topological polar surface area (TPSA) is 56.1 Å². The van der Waals surface area contributed by atoms with Crippen LogP contribution >= 0.6 is 11.8 Å². The summed E-state index contributed by atoms with van der Waals surface area (Å²) in [5.41, 5.74) is 2.39. The minimum Gasteiger partial charge on any atom is -0.494 e.